The van der Waals surface area contributed by atoms with Gasteiger partial charge in [-0.25, -0.2) is 0 Å². The standard InChI is InChI=1S/C33H44O17/c1-42-18-6-13(4-5-17(18)47-32-27(40)25(38)23(36)21(9-34)48-32)29-15-11-46-30(16(15)12-45-29)14-7-19(43-2)31(20(8-14)44-3)50-33-28(41)26(39)24(37)22(10-35)49-33/h4-8,15-16,21-30,32-41H,9-12H2,1-3H3/t15-,16+,21-,22-,23-,24-,25+,26+,27-,28-,29+,30-,32+,33-/m1/s1. The minimum absolute atomic E-state index is 0.0658. The molecule has 14 atom stereocenters. The van der Waals surface area contributed by atoms with Crippen LogP contribution < -0.4 is 23.7 Å². The number of fused-ring (bicyclic) bond motifs is 1. The van der Waals surface area contributed by atoms with Gasteiger partial charge in [-0.05, 0) is 35.4 Å². The van der Waals surface area contributed by atoms with E-state index in [1.807, 2.05) is 0 Å². The molecule has 4 saturated heterocycles. The summed E-state index contributed by atoms with van der Waals surface area (Å²) in [7, 11) is 4.28. The summed E-state index contributed by atoms with van der Waals surface area (Å²) in [6, 6.07) is 8.53. The van der Waals surface area contributed by atoms with Gasteiger partial charge < -0.3 is 83.5 Å². The lowest BCUT2D eigenvalue weighted by molar-refractivity contribution is -0.277. The quantitative estimate of drug-likeness (QED) is 0.127. The fraction of sp³-hybridized carbons (Fsp3) is 0.636. The number of benzene rings is 2. The van der Waals surface area contributed by atoms with Crippen LogP contribution in [-0.2, 0) is 18.9 Å². The highest BCUT2D eigenvalue weighted by atomic mass is 16.7. The fourth-order valence-corrected chi connectivity index (χ4v) is 6.94. The molecule has 4 aliphatic heterocycles. The Morgan fingerprint density at radius 2 is 1.02 bits per heavy atom. The topological polar surface area (TPSA) is 245 Å². The Hall–Kier alpha value is -3.04. The highest BCUT2D eigenvalue weighted by Gasteiger charge is 2.50. The molecule has 4 heterocycles. The Balaban J connectivity index is 1.18. The van der Waals surface area contributed by atoms with Gasteiger partial charge in [0.05, 0.1) is 60.0 Å². The zero-order valence-electron chi connectivity index (χ0n) is 27.6. The molecule has 17 heteroatoms. The molecule has 0 amide bonds. The van der Waals surface area contributed by atoms with Crippen LogP contribution in [0, 0.1) is 11.8 Å². The summed E-state index contributed by atoms with van der Waals surface area (Å²) >= 11 is 0. The van der Waals surface area contributed by atoms with Crippen molar-refractivity contribution in [2.45, 2.75) is 73.6 Å². The van der Waals surface area contributed by atoms with Gasteiger partial charge in [-0.1, -0.05) is 6.07 Å². The molecule has 2 aromatic rings. The van der Waals surface area contributed by atoms with E-state index in [1.54, 1.807) is 30.3 Å². The Morgan fingerprint density at radius 1 is 0.560 bits per heavy atom. The molecule has 0 spiro atoms. The molecule has 4 fully saturated rings. The average Bonchev–Trinajstić information content (AvgIpc) is 3.75. The largest absolute Gasteiger partial charge is 0.493 e. The molecule has 2 aromatic carbocycles. The maximum Gasteiger partial charge on any atom is 0.229 e. The number of rotatable bonds is 11. The van der Waals surface area contributed by atoms with Crippen molar-refractivity contribution in [2.75, 3.05) is 47.8 Å². The van der Waals surface area contributed by atoms with Gasteiger partial charge in [0.2, 0.25) is 18.3 Å². The number of ether oxygens (including phenoxy) is 9. The van der Waals surface area contributed by atoms with E-state index >= 15 is 0 Å². The second-order valence-electron chi connectivity index (χ2n) is 12.6. The molecule has 0 aliphatic carbocycles. The Morgan fingerprint density at radius 3 is 1.50 bits per heavy atom. The Labute approximate surface area is 287 Å². The van der Waals surface area contributed by atoms with Crippen LogP contribution in [-0.4, -0.2) is 150 Å². The summed E-state index contributed by atoms with van der Waals surface area (Å²) in [6.07, 6.45) is -15.5. The van der Waals surface area contributed by atoms with E-state index in [4.69, 9.17) is 42.6 Å². The SMILES string of the molecule is COc1cc([C@@H]2OC[C@H]3[C@H]2CO[C@@H]3c2cc(OC)c(O[C@H]3O[C@H](CO)[C@@H](O)[C@H](O)[C@H]3O)c(OC)c2)ccc1O[C@H]1O[C@H](CO)[C@@H](O)[C@H](O)[C@H]1O. The second-order valence-corrected chi connectivity index (χ2v) is 12.6. The maximum atomic E-state index is 10.5. The van der Waals surface area contributed by atoms with Crippen molar-refractivity contribution in [1.82, 2.24) is 0 Å². The van der Waals surface area contributed by atoms with Crippen molar-refractivity contribution in [2.24, 2.45) is 11.8 Å². The molecule has 0 radical (unpaired) electrons. The van der Waals surface area contributed by atoms with Gasteiger partial charge in [-0.15, -0.1) is 0 Å². The number of hydrogen-bond acceptors (Lipinski definition) is 17. The maximum absolute atomic E-state index is 10.5. The molecule has 0 unspecified atom stereocenters. The van der Waals surface area contributed by atoms with Crippen LogP contribution in [0.3, 0.4) is 0 Å². The average molecular weight is 713 g/mol. The summed E-state index contributed by atoms with van der Waals surface area (Å²) in [5.41, 5.74) is 1.48. The van der Waals surface area contributed by atoms with Gasteiger partial charge in [0.1, 0.15) is 48.8 Å². The summed E-state index contributed by atoms with van der Waals surface area (Å²) < 4.78 is 52.1. The van der Waals surface area contributed by atoms with Crippen LogP contribution in [0.5, 0.6) is 28.7 Å². The predicted molar refractivity (Wildman–Crippen MR) is 166 cm³/mol. The Bertz CT molecular complexity index is 1430. The van der Waals surface area contributed by atoms with E-state index in [-0.39, 0.29) is 40.9 Å². The molecule has 50 heavy (non-hydrogen) atoms. The molecule has 278 valence electrons. The second kappa shape index (κ2) is 15.3. The van der Waals surface area contributed by atoms with Crippen LogP contribution in [0.1, 0.15) is 23.3 Å². The minimum atomic E-state index is -1.64. The first-order valence-electron chi connectivity index (χ1n) is 16.2. The van der Waals surface area contributed by atoms with E-state index in [9.17, 15) is 40.9 Å². The molecule has 8 N–H and O–H groups in total. The molecule has 4 aliphatic rings. The van der Waals surface area contributed by atoms with E-state index in [1.165, 1.54) is 21.3 Å². The van der Waals surface area contributed by atoms with Gasteiger partial charge in [0.25, 0.3) is 0 Å². The van der Waals surface area contributed by atoms with Crippen LogP contribution in [0.25, 0.3) is 0 Å². The third kappa shape index (κ3) is 6.69. The van der Waals surface area contributed by atoms with Gasteiger partial charge in [0.15, 0.2) is 23.0 Å². The van der Waals surface area contributed by atoms with Crippen LogP contribution in [0.4, 0.5) is 0 Å². The van der Waals surface area contributed by atoms with Crippen molar-refractivity contribution >= 4 is 0 Å². The molecule has 17 nitrogen and oxygen atoms in total. The van der Waals surface area contributed by atoms with E-state index in [2.05, 4.69) is 0 Å². The number of hydrogen-bond donors (Lipinski definition) is 8. The molecule has 0 aromatic heterocycles. The zero-order valence-corrected chi connectivity index (χ0v) is 27.6. The third-order valence-electron chi connectivity index (χ3n) is 9.77. The molecule has 0 saturated carbocycles. The van der Waals surface area contributed by atoms with Crippen LogP contribution in [0.15, 0.2) is 30.3 Å². The van der Waals surface area contributed by atoms with Gasteiger partial charge in [-0.2, -0.15) is 0 Å². The van der Waals surface area contributed by atoms with Crippen molar-refractivity contribution in [3.05, 3.63) is 41.5 Å². The lowest BCUT2D eigenvalue weighted by Crippen LogP contribution is -2.60. The van der Waals surface area contributed by atoms with Crippen LogP contribution in [0.2, 0.25) is 0 Å². The molecule has 0 bridgehead atoms. The third-order valence-corrected chi connectivity index (χ3v) is 9.77. The lowest BCUT2D eigenvalue weighted by Gasteiger charge is -2.39. The smallest absolute Gasteiger partial charge is 0.229 e. The summed E-state index contributed by atoms with van der Waals surface area (Å²) in [5, 5.41) is 80.6. The van der Waals surface area contributed by atoms with Crippen molar-refractivity contribution in [3.63, 3.8) is 0 Å². The summed E-state index contributed by atoms with van der Waals surface area (Å²) in [6.45, 7) is -0.487. The number of aliphatic hydroxyl groups excluding tert-OH is 8. The molecular formula is C33H44O17. The van der Waals surface area contributed by atoms with Crippen molar-refractivity contribution < 1.29 is 83.5 Å². The lowest BCUT2D eigenvalue weighted by atomic mass is 9.84. The Kier molecular flexibility index (Phi) is 11.2. The van der Waals surface area contributed by atoms with Crippen molar-refractivity contribution in [1.29, 1.82) is 0 Å². The van der Waals surface area contributed by atoms with E-state index in [0.29, 0.717) is 24.5 Å². The van der Waals surface area contributed by atoms with Crippen LogP contribution >= 0.6 is 0 Å². The van der Waals surface area contributed by atoms with Gasteiger partial charge in [0, 0.05) is 11.8 Å². The minimum Gasteiger partial charge on any atom is -0.493 e. The van der Waals surface area contributed by atoms with Gasteiger partial charge in [-0.3, -0.25) is 0 Å². The molecular weight excluding hydrogens is 668 g/mol. The predicted octanol–water partition coefficient (Wildman–Crippen LogP) is -1.85. The highest BCUT2D eigenvalue weighted by Crippen LogP contribution is 2.53. The van der Waals surface area contributed by atoms with Gasteiger partial charge >= 0.3 is 0 Å². The van der Waals surface area contributed by atoms with E-state index < -0.39 is 80.7 Å². The van der Waals surface area contributed by atoms with E-state index in [0.717, 1.165) is 5.56 Å². The van der Waals surface area contributed by atoms with Crippen molar-refractivity contribution in [3.8, 4) is 28.7 Å². The normalized spacial score (nSPS) is 38.4. The monoisotopic (exact) mass is 712 g/mol. The zero-order chi connectivity index (χ0) is 35.9. The highest BCUT2D eigenvalue weighted by molar-refractivity contribution is 5.55. The first kappa shape index (κ1) is 36.7. The first-order valence-corrected chi connectivity index (χ1v) is 16.2. The summed E-state index contributed by atoms with van der Waals surface area (Å²) in [5.74, 6) is 0.854. The fourth-order valence-electron chi connectivity index (χ4n) is 6.94. The molecule has 6 rings (SSSR count). The number of aliphatic hydroxyl groups is 8. The first-order chi connectivity index (χ1) is 24.0. The summed E-state index contributed by atoms with van der Waals surface area (Å²) in [4.78, 5) is 0. The number of methoxy groups -OCH3 is 3.